The van der Waals surface area contributed by atoms with Crippen LogP contribution in [0.25, 0.3) is 0 Å². The van der Waals surface area contributed by atoms with E-state index >= 15 is 0 Å². The molecule has 0 unspecified atom stereocenters. The van der Waals surface area contributed by atoms with Gasteiger partial charge in [-0.2, -0.15) is 0 Å². The van der Waals surface area contributed by atoms with Crippen molar-refractivity contribution in [3.63, 3.8) is 0 Å². The Kier molecular flexibility index (Phi) is 3.75. The van der Waals surface area contributed by atoms with Crippen LogP contribution in [0.1, 0.15) is 31.7 Å². The van der Waals surface area contributed by atoms with Gasteiger partial charge in [0.25, 0.3) is 0 Å². The van der Waals surface area contributed by atoms with E-state index in [1.165, 1.54) is 0 Å². The summed E-state index contributed by atoms with van der Waals surface area (Å²) in [5.74, 6) is 0.864. The van der Waals surface area contributed by atoms with Crippen LogP contribution < -0.4 is 5.32 Å². The number of aryl methyl sites for hydroxylation is 1. The van der Waals surface area contributed by atoms with E-state index in [-0.39, 0.29) is 23.5 Å². The summed E-state index contributed by atoms with van der Waals surface area (Å²) in [4.78, 5) is 27.6. The molecule has 1 heterocycles. The van der Waals surface area contributed by atoms with Crippen LogP contribution in [0.15, 0.2) is 18.3 Å². The molecule has 4 heteroatoms. The van der Waals surface area contributed by atoms with E-state index in [9.17, 15) is 9.59 Å². The number of ketones is 1. The Balaban J connectivity index is 1.99. The third kappa shape index (κ3) is 2.94. The van der Waals surface area contributed by atoms with Crippen molar-refractivity contribution in [2.45, 2.75) is 33.1 Å². The molecular weight excluding hydrogens is 228 g/mol. The predicted molar refractivity (Wildman–Crippen MR) is 69.1 cm³/mol. The standard InChI is InChI=1S/C14H18N2O2/c1-9-3-6-13(15-8-9)16-14(18)12-5-4-11(17)7-10(12)2/h3,6,8,10,12H,4-5,7H2,1-2H3,(H,15,16,18)/t10-,12+/m0/s1. The van der Waals surface area contributed by atoms with Crippen LogP contribution in [-0.4, -0.2) is 16.7 Å². The van der Waals surface area contributed by atoms with Gasteiger partial charge >= 0.3 is 0 Å². The van der Waals surface area contributed by atoms with Gasteiger partial charge in [0.15, 0.2) is 0 Å². The second kappa shape index (κ2) is 5.29. The molecule has 1 amide bonds. The maximum atomic E-state index is 12.1. The minimum absolute atomic E-state index is 0.0219. The van der Waals surface area contributed by atoms with Crippen LogP contribution in [0.5, 0.6) is 0 Å². The number of carbonyl (C=O) groups is 2. The lowest BCUT2D eigenvalue weighted by atomic mass is 9.79. The van der Waals surface area contributed by atoms with Gasteiger partial charge < -0.3 is 5.32 Å². The summed E-state index contributed by atoms with van der Waals surface area (Å²) in [5, 5.41) is 2.82. The zero-order valence-corrected chi connectivity index (χ0v) is 10.8. The molecule has 1 aromatic rings. The number of nitrogens with zero attached hydrogens (tertiary/aromatic N) is 1. The van der Waals surface area contributed by atoms with E-state index < -0.39 is 0 Å². The lowest BCUT2D eigenvalue weighted by molar-refractivity contribution is -0.127. The molecule has 2 atom stereocenters. The third-order valence-electron chi connectivity index (χ3n) is 3.47. The summed E-state index contributed by atoms with van der Waals surface area (Å²) in [5.41, 5.74) is 1.06. The molecule has 0 bridgehead atoms. The van der Waals surface area contributed by atoms with Crippen molar-refractivity contribution in [2.24, 2.45) is 11.8 Å². The fraction of sp³-hybridized carbons (Fsp3) is 0.500. The predicted octanol–water partition coefficient (Wildman–Crippen LogP) is 2.33. The Hall–Kier alpha value is -1.71. The average Bonchev–Trinajstić information content (AvgIpc) is 2.32. The molecule has 0 radical (unpaired) electrons. The lowest BCUT2D eigenvalue weighted by Gasteiger charge is -2.26. The molecule has 96 valence electrons. The largest absolute Gasteiger partial charge is 0.310 e. The summed E-state index contributed by atoms with van der Waals surface area (Å²) < 4.78 is 0. The fourth-order valence-corrected chi connectivity index (χ4v) is 2.35. The first-order valence-corrected chi connectivity index (χ1v) is 6.31. The van der Waals surface area contributed by atoms with Gasteiger partial charge in [0.2, 0.25) is 5.91 Å². The summed E-state index contributed by atoms with van der Waals surface area (Å²) >= 11 is 0. The third-order valence-corrected chi connectivity index (χ3v) is 3.47. The molecular formula is C14H18N2O2. The van der Waals surface area contributed by atoms with Gasteiger partial charge in [0.1, 0.15) is 11.6 Å². The van der Waals surface area contributed by atoms with Gasteiger partial charge in [-0.05, 0) is 30.9 Å². The number of carbonyl (C=O) groups excluding carboxylic acids is 2. The first-order valence-electron chi connectivity index (χ1n) is 6.31. The van der Waals surface area contributed by atoms with Gasteiger partial charge in [-0.15, -0.1) is 0 Å². The van der Waals surface area contributed by atoms with Crippen LogP contribution in [0.3, 0.4) is 0 Å². The van der Waals surface area contributed by atoms with E-state index in [4.69, 9.17) is 0 Å². The molecule has 0 aromatic carbocycles. The Bertz CT molecular complexity index is 453. The van der Waals surface area contributed by atoms with Crippen molar-refractivity contribution < 1.29 is 9.59 Å². The van der Waals surface area contributed by atoms with Crippen LogP contribution in [0, 0.1) is 18.8 Å². The van der Waals surface area contributed by atoms with Gasteiger partial charge in [0, 0.05) is 25.0 Å². The highest BCUT2D eigenvalue weighted by Crippen LogP contribution is 2.28. The number of rotatable bonds is 2. The Labute approximate surface area is 107 Å². The summed E-state index contributed by atoms with van der Waals surface area (Å²) in [6.45, 7) is 3.91. The fourth-order valence-electron chi connectivity index (χ4n) is 2.35. The minimum Gasteiger partial charge on any atom is -0.310 e. The smallest absolute Gasteiger partial charge is 0.228 e. The maximum absolute atomic E-state index is 12.1. The van der Waals surface area contributed by atoms with E-state index in [0.29, 0.717) is 25.1 Å². The van der Waals surface area contributed by atoms with E-state index in [0.717, 1.165) is 5.56 Å². The van der Waals surface area contributed by atoms with Crippen LogP contribution >= 0.6 is 0 Å². The number of aromatic nitrogens is 1. The molecule has 2 rings (SSSR count). The minimum atomic E-state index is -0.0780. The van der Waals surface area contributed by atoms with Crippen molar-refractivity contribution in [1.82, 2.24) is 4.98 Å². The number of amides is 1. The van der Waals surface area contributed by atoms with Crippen molar-refractivity contribution >= 4 is 17.5 Å². The first-order chi connectivity index (χ1) is 8.56. The highest BCUT2D eigenvalue weighted by Gasteiger charge is 2.31. The van der Waals surface area contributed by atoms with Gasteiger partial charge in [-0.1, -0.05) is 13.0 Å². The van der Waals surface area contributed by atoms with Gasteiger partial charge in [0.05, 0.1) is 0 Å². The molecule has 0 spiro atoms. The number of nitrogens with one attached hydrogen (secondary N) is 1. The second-order valence-electron chi connectivity index (χ2n) is 5.08. The zero-order chi connectivity index (χ0) is 13.1. The normalized spacial score (nSPS) is 23.8. The maximum Gasteiger partial charge on any atom is 0.228 e. The highest BCUT2D eigenvalue weighted by molar-refractivity contribution is 5.93. The monoisotopic (exact) mass is 246 g/mol. The SMILES string of the molecule is Cc1ccc(NC(=O)[C@@H]2CCC(=O)C[C@@H]2C)nc1. The molecule has 1 aliphatic carbocycles. The first kappa shape index (κ1) is 12.7. The van der Waals surface area contributed by atoms with Crippen LogP contribution in [0.2, 0.25) is 0 Å². The van der Waals surface area contributed by atoms with E-state index in [1.54, 1.807) is 12.3 Å². The molecule has 1 aliphatic rings. The van der Waals surface area contributed by atoms with Crippen LogP contribution in [-0.2, 0) is 9.59 Å². The van der Waals surface area contributed by atoms with Crippen molar-refractivity contribution in [3.05, 3.63) is 23.9 Å². The molecule has 1 fully saturated rings. The van der Waals surface area contributed by atoms with E-state index in [2.05, 4.69) is 10.3 Å². The lowest BCUT2D eigenvalue weighted by Crippen LogP contribution is -2.33. The Morgan fingerprint density at radius 1 is 1.44 bits per heavy atom. The average molecular weight is 246 g/mol. The Morgan fingerprint density at radius 2 is 2.22 bits per heavy atom. The van der Waals surface area contributed by atoms with Gasteiger partial charge in [-0.3, -0.25) is 9.59 Å². The highest BCUT2D eigenvalue weighted by atomic mass is 16.2. The quantitative estimate of drug-likeness (QED) is 0.871. The van der Waals surface area contributed by atoms with Gasteiger partial charge in [-0.25, -0.2) is 4.98 Å². The van der Waals surface area contributed by atoms with E-state index in [1.807, 2.05) is 19.9 Å². The summed E-state index contributed by atoms with van der Waals surface area (Å²) in [6.07, 6.45) is 3.41. The summed E-state index contributed by atoms with van der Waals surface area (Å²) in [7, 11) is 0. The number of pyridine rings is 1. The summed E-state index contributed by atoms with van der Waals surface area (Å²) in [6, 6.07) is 3.71. The number of anilines is 1. The Morgan fingerprint density at radius 3 is 2.83 bits per heavy atom. The molecule has 1 N–H and O–H groups in total. The number of hydrogen-bond acceptors (Lipinski definition) is 3. The molecule has 4 nitrogen and oxygen atoms in total. The number of hydrogen-bond donors (Lipinski definition) is 1. The second-order valence-corrected chi connectivity index (χ2v) is 5.08. The molecule has 1 aromatic heterocycles. The zero-order valence-electron chi connectivity index (χ0n) is 10.8. The van der Waals surface area contributed by atoms with Crippen molar-refractivity contribution in [2.75, 3.05) is 5.32 Å². The molecule has 0 saturated heterocycles. The molecule has 0 aliphatic heterocycles. The van der Waals surface area contributed by atoms with Crippen molar-refractivity contribution in [1.29, 1.82) is 0 Å². The number of Topliss-reactive ketones (excluding diaryl/α,β-unsaturated/α-hetero) is 1. The molecule has 18 heavy (non-hydrogen) atoms. The topological polar surface area (TPSA) is 59.1 Å². The van der Waals surface area contributed by atoms with Crippen molar-refractivity contribution in [3.8, 4) is 0 Å². The van der Waals surface area contributed by atoms with Crippen LogP contribution in [0.4, 0.5) is 5.82 Å². The molecule has 1 saturated carbocycles.